The molecule has 0 bridgehead atoms. The Balaban J connectivity index is 1.89. The highest BCUT2D eigenvalue weighted by Crippen LogP contribution is 2.34. The first kappa shape index (κ1) is 15.4. The number of aromatic nitrogens is 2. The summed E-state index contributed by atoms with van der Waals surface area (Å²) in [4.78, 5) is 8.33. The number of rotatable bonds is 4. The number of hydrogen-bond donors (Lipinski definition) is 3. The van der Waals surface area contributed by atoms with Crippen molar-refractivity contribution in [1.82, 2.24) is 9.97 Å². The SMILES string of the molecule is Nc1c(Nc2ccccc2)ncnc1Nc1cccc(Cl)c1Cl. The Morgan fingerprint density at radius 2 is 1.52 bits per heavy atom. The van der Waals surface area contributed by atoms with Crippen molar-refractivity contribution in [2.75, 3.05) is 16.4 Å². The van der Waals surface area contributed by atoms with Gasteiger partial charge in [0.15, 0.2) is 11.6 Å². The number of anilines is 5. The van der Waals surface area contributed by atoms with Gasteiger partial charge < -0.3 is 16.4 Å². The molecule has 0 saturated carbocycles. The largest absolute Gasteiger partial charge is 0.393 e. The van der Waals surface area contributed by atoms with Crippen molar-refractivity contribution in [1.29, 1.82) is 0 Å². The Bertz CT molecular complexity index is 824. The van der Waals surface area contributed by atoms with Gasteiger partial charge >= 0.3 is 0 Å². The molecule has 3 rings (SSSR count). The Labute approximate surface area is 143 Å². The van der Waals surface area contributed by atoms with Gasteiger partial charge in [-0.1, -0.05) is 47.5 Å². The number of hydrogen-bond acceptors (Lipinski definition) is 5. The zero-order valence-corrected chi connectivity index (χ0v) is 13.4. The highest BCUT2D eigenvalue weighted by molar-refractivity contribution is 6.43. The fourth-order valence-corrected chi connectivity index (χ4v) is 2.33. The summed E-state index contributed by atoms with van der Waals surface area (Å²) >= 11 is 12.2. The summed E-state index contributed by atoms with van der Waals surface area (Å²) in [5, 5.41) is 7.08. The first-order valence-electron chi connectivity index (χ1n) is 6.78. The van der Waals surface area contributed by atoms with E-state index in [1.54, 1.807) is 18.2 Å². The summed E-state index contributed by atoms with van der Waals surface area (Å²) in [6.07, 6.45) is 1.42. The van der Waals surface area contributed by atoms with Gasteiger partial charge in [0.2, 0.25) is 0 Å². The zero-order chi connectivity index (χ0) is 16.2. The third-order valence-electron chi connectivity index (χ3n) is 3.13. The molecule has 0 spiro atoms. The van der Waals surface area contributed by atoms with E-state index in [4.69, 9.17) is 28.9 Å². The van der Waals surface area contributed by atoms with E-state index >= 15 is 0 Å². The molecular formula is C16H13Cl2N5. The molecule has 3 aromatic rings. The van der Waals surface area contributed by atoms with Crippen LogP contribution in [0.25, 0.3) is 0 Å². The number of nitrogen functional groups attached to an aromatic ring is 1. The Kier molecular flexibility index (Phi) is 4.50. The van der Waals surface area contributed by atoms with Crippen LogP contribution in [0.4, 0.5) is 28.7 Å². The van der Waals surface area contributed by atoms with Gasteiger partial charge in [-0.3, -0.25) is 0 Å². The van der Waals surface area contributed by atoms with Gasteiger partial charge in [0.1, 0.15) is 12.0 Å². The predicted molar refractivity (Wildman–Crippen MR) is 95.9 cm³/mol. The van der Waals surface area contributed by atoms with Gasteiger partial charge in [0, 0.05) is 5.69 Å². The van der Waals surface area contributed by atoms with E-state index in [-0.39, 0.29) is 0 Å². The van der Waals surface area contributed by atoms with Crippen molar-refractivity contribution < 1.29 is 0 Å². The minimum absolute atomic E-state index is 0.382. The molecule has 116 valence electrons. The molecule has 0 fully saturated rings. The lowest BCUT2D eigenvalue weighted by atomic mass is 10.3. The van der Waals surface area contributed by atoms with Gasteiger partial charge in [-0.15, -0.1) is 0 Å². The maximum Gasteiger partial charge on any atom is 0.159 e. The molecule has 2 aromatic carbocycles. The smallest absolute Gasteiger partial charge is 0.159 e. The summed E-state index contributed by atoms with van der Waals surface area (Å²) in [5.74, 6) is 0.953. The van der Waals surface area contributed by atoms with Crippen LogP contribution < -0.4 is 16.4 Å². The number of nitrogens with zero attached hydrogens (tertiary/aromatic N) is 2. The summed E-state index contributed by atoms with van der Waals surface area (Å²) in [6.45, 7) is 0. The van der Waals surface area contributed by atoms with E-state index in [1.165, 1.54) is 6.33 Å². The number of nitrogens with two attached hydrogens (primary N) is 1. The molecule has 1 aromatic heterocycles. The second-order valence-electron chi connectivity index (χ2n) is 4.70. The highest BCUT2D eigenvalue weighted by atomic mass is 35.5. The lowest BCUT2D eigenvalue weighted by Gasteiger charge is -2.13. The van der Waals surface area contributed by atoms with Crippen LogP contribution in [-0.2, 0) is 0 Å². The molecule has 0 saturated heterocycles. The standard InChI is InChI=1S/C16H13Cl2N5/c17-11-7-4-8-12(13(11)18)23-16-14(19)15(20-9-21-16)22-10-5-2-1-3-6-10/h1-9H,19H2,(H2,20,21,22,23). The highest BCUT2D eigenvalue weighted by Gasteiger charge is 2.11. The van der Waals surface area contributed by atoms with E-state index < -0.39 is 0 Å². The molecule has 4 N–H and O–H groups in total. The maximum atomic E-state index is 6.17. The molecule has 5 nitrogen and oxygen atoms in total. The minimum atomic E-state index is 0.382. The normalized spacial score (nSPS) is 10.3. The van der Waals surface area contributed by atoms with E-state index in [2.05, 4.69) is 20.6 Å². The molecule has 0 unspecified atom stereocenters. The first-order valence-corrected chi connectivity index (χ1v) is 7.54. The molecule has 0 aliphatic rings. The third kappa shape index (κ3) is 3.47. The predicted octanol–water partition coefficient (Wildman–Crippen LogP) is 4.85. The molecule has 0 radical (unpaired) electrons. The third-order valence-corrected chi connectivity index (χ3v) is 3.94. The number of halogens is 2. The van der Waals surface area contributed by atoms with Gasteiger partial charge in [-0.25, -0.2) is 9.97 Å². The van der Waals surface area contributed by atoms with Gasteiger partial charge in [0.05, 0.1) is 15.7 Å². The summed E-state index contributed by atoms with van der Waals surface area (Å²) in [6, 6.07) is 14.9. The quantitative estimate of drug-likeness (QED) is 0.629. The second-order valence-corrected chi connectivity index (χ2v) is 5.49. The van der Waals surface area contributed by atoms with Crippen molar-refractivity contribution in [2.24, 2.45) is 0 Å². The summed E-state index contributed by atoms with van der Waals surface area (Å²) < 4.78 is 0. The van der Waals surface area contributed by atoms with Gasteiger partial charge in [0.25, 0.3) is 0 Å². The van der Waals surface area contributed by atoms with Crippen LogP contribution in [0.3, 0.4) is 0 Å². The summed E-state index contributed by atoms with van der Waals surface area (Å²) in [7, 11) is 0. The van der Waals surface area contributed by atoms with E-state index in [9.17, 15) is 0 Å². The van der Waals surface area contributed by atoms with Crippen LogP contribution in [0.1, 0.15) is 0 Å². The average molecular weight is 346 g/mol. The molecule has 0 amide bonds. The van der Waals surface area contributed by atoms with Crippen molar-refractivity contribution in [3.05, 3.63) is 64.9 Å². The minimum Gasteiger partial charge on any atom is -0.393 e. The Morgan fingerprint density at radius 3 is 2.26 bits per heavy atom. The molecular weight excluding hydrogens is 333 g/mol. The molecule has 23 heavy (non-hydrogen) atoms. The fraction of sp³-hybridized carbons (Fsp3) is 0. The average Bonchev–Trinajstić information content (AvgIpc) is 2.56. The van der Waals surface area contributed by atoms with Crippen LogP contribution in [0, 0.1) is 0 Å². The monoisotopic (exact) mass is 345 g/mol. The lowest BCUT2D eigenvalue weighted by Crippen LogP contribution is -2.05. The molecule has 1 heterocycles. The van der Waals surface area contributed by atoms with E-state index in [1.807, 2.05) is 30.3 Å². The van der Waals surface area contributed by atoms with Crippen molar-refractivity contribution in [3.8, 4) is 0 Å². The van der Waals surface area contributed by atoms with E-state index in [0.29, 0.717) is 33.1 Å². The van der Waals surface area contributed by atoms with Crippen LogP contribution >= 0.6 is 23.2 Å². The lowest BCUT2D eigenvalue weighted by molar-refractivity contribution is 1.17. The fourth-order valence-electron chi connectivity index (χ4n) is 1.98. The Morgan fingerprint density at radius 1 is 0.826 bits per heavy atom. The van der Waals surface area contributed by atoms with Crippen LogP contribution in [0.5, 0.6) is 0 Å². The molecule has 0 aliphatic carbocycles. The molecule has 0 atom stereocenters. The van der Waals surface area contributed by atoms with Crippen LogP contribution in [-0.4, -0.2) is 9.97 Å². The van der Waals surface area contributed by atoms with Crippen LogP contribution in [0.15, 0.2) is 54.9 Å². The molecule has 0 aliphatic heterocycles. The maximum absolute atomic E-state index is 6.17. The van der Waals surface area contributed by atoms with Crippen molar-refractivity contribution in [3.63, 3.8) is 0 Å². The number of nitrogens with one attached hydrogen (secondary N) is 2. The zero-order valence-electron chi connectivity index (χ0n) is 11.9. The molecule has 7 heteroatoms. The topological polar surface area (TPSA) is 75.9 Å². The summed E-state index contributed by atoms with van der Waals surface area (Å²) in [5.41, 5.74) is 8.02. The van der Waals surface area contributed by atoms with Crippen molar-refractivity contribution >= 4 is 51.9 Å². The van der Waals surface area contributed by atoms with Crippen molar-refractivity contribution in [2.45, 2.75) is 0 Å². The number of para-hydroxylation sites is 1. The van der Waals surface area contributed by atoms with Gasteiger partial charge in [-0.05, 0) is 24.3 Å². The Hall–Kier alpha value is -2.50. The number of benzene rings is 2. The van der Waals surface area contributed by atoms with Gasteiger partial charge in [-0.2, -0.15) is 0 Å². The van der Waals surface area contributed by atoms with Crippen LogP contribution in [0.2, 0.25) is 10.0 Å². The second kappa shape index (κ2) is 6.73. The first-order chi connectivity index (χ1) is 11.1. The van der Waals surface area contributed by atoms with E-state index in [0.717, 1.165) is 5.69 Å².